The Hall–Kier alpha value is -2.05. The van der Waals surface area contributed by atoms with Crippen molar-refractivity contribution in [3.05, 3.63) is 29.6 Å². The van der Waals surface area contributed by atoms with Gasteiger partial charge < -0.3 is 20.3 Å². The number of carbonyl (C=O) groups is 2. The highest BCUT2D eigenvalue weighted by Crippen LogP contribution is 2.20. The molecule has 1 saturated heterocycles. The molecule has 0 radical (unpaired) electrons. The van der Waals surface area contributed by atoms with Crippen LogP contribution in [-0.2, 0) is 14.3 Å². The summed E-state index contributed by atoms with van der Waals surface area (Å²) in [5.41, 5.74) is -0.457. The van der Waals surface area contributed by atoms with E-state index < -0.39 is 29.0 Å². The summed E-state index contributed by atoms with van der Waals surface area (Å²) in [6.45, 7) is 2.83. The summed E-state index contributed by atoms with van der Waals surface area (Å²) in [4.78, 5) is 29.9. The zero-order valence-corrected chi connectivity index (χ0v) is 18.5. The van der Waals surface area contributed by atoms with E-state index in [0.29, 0.717) is 32.1 Å². The number of likely N-dealkylation sites (tertiary alicyclic amines) is 1. The second-order valence-corrected chi connectivity index (χ2v) is 6.21. The lowest BCUT2D eigenvalue weighted by Crippen LogP contribution is -2.49. The lowest BCUT2D eigenvalue weighted by Gasteiger charge is -2.33. The van der Waals surface area contributed by atoms with Gasteiger partial charge in [0.2, 0.25) is 5.91 Å². The van der Waals surface area contributed by atoms with Crippen LogP contribution < -0.4 is 10.6 Å². The number of carbonyl (C=O) groups excluding carboxylic acids is 2. The molecule has 0 aliphatic carbocycles. The van der Waals surface area contributed by atoms with E-state index in [2.05, 4.69) is 15.6 Å². The number of rotatable bonds is 5. The molecular weight excluding hydrogens is 504 g/mol. The van der Waals surface area contributed by atoms with E-state index in [1.165, 1.54) is 7.05 Å². The molecule has 1 amide bonds. The van der Waals surface area contributed by atoms with Crippen LogP contribution >= 0.6 is 24.0 Å². The predicted molar refractivity (Wildman–Crippen MR) is 113 cm³/mol. The molecule has 2 N–H and O–H groups in total. The first-order valence-electron chi connectivity index (χ1n) is 8.92. The third kappa shape index (κ3) is 6.75. The van der Waals surface area contributed by atoms with Gasteiger partial charge in [-0.2, -0.15) is 0 Å². The zero-order chi connectivity index (χ0) is 20.7. The molecule has 29 heavy (non-hydrogen) atoms. The smallest absolute Gasteiger partial charge is 0.310 e. The molecule has 0 aromatic heterocycles. The van der Waals surface area contributed by atoms with Crippen LogP contribution in [-0.4, -0.2) is 56.0 Å². The van der Waals surface area contributed by atoms with Crippen molar-refractivity contribution in [3.8, 4) is 0 Å². The maximum atomic E-state index is 13.6. The summed E-state index contributed by atoms with van der Waals surface area (Å²) in [5, 5.41) is 4.99. The van der Waals surface area contributed by atoms with E-state index in [0.717, 1.165) is 18.6 Å². The Morgan fingerprint density at radius 3 is 2.66 bits per heavy atom. The third-order valence-corrected chi connectivity index (χ3v) is 4.27. The molecule has 1 unspecified atom stereocenters. The minimum atomic E-state index is -1.65. The second kappa shape index (κ2) is 11.8. The average molecular weight is 528 g/mol. The number of anilines is 1. The SMILES string of the molecule is CCOC(=O)C1CCCN(C(=NC)NCC(=O)Nc2ccc(F)c(F)c2F)C1.I. The topological polar surface area (TPSA) is 83.0 Å². The van der Waals surface area contributed by atoms with Crippen molar-refractivity contribution in [2.45, 2.75) is 19.8 Å². The monoisotopic (exact) mass is 528 g/mol. The maximum Gasteiger partial charge on any atom is 0.310 e. The van der Waals surface area contributed by atoms with E-state index >= 15 is 0 Å². The first-order valence-corrected chi connectivity index (χ1v) is 8.92. The van der Waals surface area contributed by atoms with E-state index in [-0.39, 0.29) is 42.4 Å². The normalized spacial score (nSPS) is 16.7. The number of hydrogen-bond acceptors (Lipinski definition) is 4. The number of amides is 1. The summed E-state index contributed by atoms with van der Waals surface area (Å²) in [5.74, 6) is -5.27. The predicted octanol–water partition coefficient (Wildman–Crippen LogP) is 2.51. The number of halogens is 4. The van der Waals surface area contributed by atoms with Gasteiger partial charge in [0.05, 0.1) is 24.8 Å². The standard InChI is InChI=1S/C18H23F3N4O3.HI/c1-3-28-17(27)11-5-4-8-25(10-11)18(22-2)23-9-14(26)24-13-7-6-12(19)15(20)16(13)21;/h6-7,11H,3-5,8-10H2,1-2H3,(H,22,23)(H,24,26);1H. The molecule has 7 nitrogen and oxygen atoms in total. The van der Waals surface area contributed by atoms with Gasteiger partial charge in [0, 0.05) is 20.1 Å². The molecule has 0 bridgehead atoms. The Morgan fingerprint density at radius 2 is 2.00 bits per heavy atom. The van der Waals surface area contributed by atoms with Gasteiger partial charge in [-0.25, -0.2) is 13.2 Å². The lowest BCUT2D eigenvalue weighted by atomic mass is 9.98. The van der Waals surface area contributed by atoms with Crippen LogP contribution in [0.1, 0.15) is 19.8 Å². The largest absolute Gasteiger partial charge is 0.466 e. The summed E-state index contributed by atoms with van der Waals surface area (Å²) in [7, 11) is 1.53. The number of piperidine rings is 1. The Morgan fingerprint density at radius 1 is 1.28 bits per heavy atom. The average Bonchev–Trinajstić information content (AvgIpc) is 2.69. The van der Waals surface area contributed by atoms with Gasteiger partial charge >= 0.3 is 5.97 Å². The molecule has 0 saturated carbocycles. The van der Waals surface area contributed by atoms with Crippen LogP contribution in [0.15, 0.2) is 17.1 Å². The molecule has 1 aromatic rings. The lowest BCUT2D eigenvalue weighted by molar-refractivity contribution is -0.149. The Labute approximate surface area is 184 Å². The highest BCUT2D eigenvalue weighted by atomic mass is 127. The quantitative estimate of drug-likeness (QED) is 0.202. The van der Waals surface area contributed by atoms with Crippen molar-refractivity contribution in [2.75, 3.05) is 38.6 Å². The zero-order valence-electron chi connectivity index (χ0n) is 16.1. The Kier molecular flexibility index (Phi) is 10.2. The number of esters is 1. The summed E-state index contributed by atoms with van der Waals surface area (Å²) in [6, 6.07) is 1.67. The molecule has 162 valence electrons. The van der Waals surface area contributed by atoms with Crippen LogP contribution in [0.25, 0.3) is 0 Å². The molecular formula is C18H24F3IN4O3. The first kappa shape index (κ1) is 25.0. The molecule has 1 atom stereocenters. The van der Waals surface area contributed by atoms with Crippen LogP contribution in [0.4, 0.5) is 18.9 Å². The number of benzene rings is 1. The molecule has 1 fully saturated rings. The van der Waals surface area contributed by atoms with Gasteiger partial charge in [0.25, 0.3) is 0 Å². The molecule has 11 heteroatoms. The summed E-state index contributed by atoms with van der Waals surface area (Å²) in [6.07, 6.45) is 1.47. The minimum absolute atomic E-state index is 0. The molecule has 0 spiro atoms. The van der Waals surface area contributed by atoms with Crippen molar-refractivity contribution in [3.63, 3.8) is 0 Å². The fraction of sp³-hybridized carbons (Fsp3) is 0.500. The van der Waals surface area contributed by atoms with Crippen LogP contribution in [0, 0.1) is 23.4 Å². The van der Waals surface area contributed by atoms with Crippen LogP contribution in [0.3, 0.4) is 0 Å². The van der Waals surface area contributed by atoms with E-state index in [1.54, 1.807) is 6.92 Å². The number of guanidine groups is 1. The highest BCUT2D eigenvalue weighted by Gasteiger charge is 2.28. The fourth-order valence-electron chi connectivity index (χ4n) is 2.93. The van der Waals surface area contributed by atoms with Crippen molar-refractivity contribution >= 4 is 47.5 Å². The van der Waals surface area contributed by atoms with E-state index in [4.69, 9.17) is 4.74 Å². The molecule has 1 aromatic carbocycles. The van der Waals surface area contributed by atoms with Crippen molar-refractivity contribution in [1.29, 1.82) is 0 Å². The Bertz CT molecular complexity index is 764. The Balaban J connectivity index is 0.00000420. The number of ether oxygens (including phenoxy) is 1. The van der Waals surface area contributed by atoms with Gasteiger partial charge in [-0.3, -0.25) is 14.6 Å². The van der Waals surface area contributed by atoms with E-state index in [1.807, 2.05) is 4.90 Å². The van der Waals surface area contributed by atoms with Crippen LogP contribution in [0.5, 0.6) is 0 Å². The molecule has 1 heterocycles. The second-order valence-electron chi connectivity index (χ2n) is 6.21. The van der Waals surface area contributed by atoms with Gasteiger partial charge in [0.15, 0.2) is 23.4 Å². The maximum absolute atomic E-state index is 13.6. The molecule has 2 rings (SSSR count). The fourth-order valence-corrected chi connectivity index (χ4v) is 2.93. The van der Waals surface area contributed by atoms with Gasteiger partial charge in [-0.05, 0) is 31.9 Å². The number of nitrogens with zero attached hydrogens (tertiary/aromatic N) is 2. The summed E-state index contributed by atoms with van der Waals surface area (Å²) >= 11 is 0. The highest BCUT2D eigenvalue weighted by molar-refractivity contribution is 14.0. The molecule has 1 aliphatic rings. The number of nitrogens with one attached hydrogen (secondary N) is 2. The van der Waals surface area contributed by atoms with Gasteiger partial charge in [-0.1, -0.05) is 0 Å². The van der Waals surface area contributed by atoms with Crippen molar-refractivity contribution in [1.82, 2.24) is 10.2 Å². The minimum Gasteiger partial charge on any atom is -0.466 e. The van der Waals surface area contributed by atoms with E-state index in [9.17, 15) is 22.8 Å². The van der Waals surface area contributed by atoms with Gasteiger partial charge in [-0.15, -0.1) is 24.0 Å². The molecule has 1 aliphatic heterocycles. The van der Waals surface area contributed by atoms with Crippen LogP contribution in [0.2, 0.25) is 0 Å². The first-order chi connectivity index (χ1) is 13.4. The third-order valence-electron chi connectivity index (χ3n) is 4.27. The van der Waals surface area contributed by atoms with Crippen molar-refractivity contribution in [2.24, 2.45) is 10.9 Å². The van der Waals surface area contributed by atoms with Crippen molar-refractivity contribution < 1.29 is 27.5 Å². The number of aliphatic imine (C=N–C) groups is 1. The number of hydrogen-bond donors (Lipinski definition) is 2. The van der Waals surface area contributed by atoms with Gasteiger partial charge in [0.1, 0.15) is 0 Å². The summed E-state index contributed by atoms with van der Waals surface area (Å²) < 4.78 is 44.9.